The molecule has 5 heteroatoms. The molecule has 1 saturated carbocycles. The summed E-state index contributed by atoms with van der Waals surface area (Å²) in [6.07, 6.45) is 6.85. The Kier molecular flexibility index (Phi) is 5.25. The van der Waals surface area contributed by atoms with E-state index in [1.54, 1.807) is 0 Å². The van der Waals surface area contributed by atoms with Gasteiger partial charge < -0.3 is 4.90 Å². The minimum atomic E-state index is -0.401. The summed E-state index contributed by atoms with van der Waals surface area (Å²) in [6.45, 7) is 3.87. The van der Waals surface area contributed by atoms with Gasteiger partial charge in [-0.2, -0.15) is 0 Å². The number of carbonyl (C=O) groups excluding carboxylic acids is 1. The van der Waals surface area contributed by atoms with Gasteiger partial charge in [0.1, 0.15) is 11.6 Å². The number of amides is 1. The number of piperidine rings is 1. The highest BCUT2D eigenvalue weighted by Crippen LogP contribution is 2.37. The van der Waals surface area contributed by atoms with E-state index >= 15 is 0 Å². The lowest BCUT2D eigenvalue weighted by atomic mass is 9.82. The fourth-order valence-electron chi connectivity index (χ4n) is 5.09. The van der Waals surface area contributed by atoms with Gasteiger partial charge in [0, 0.05) is 31.1 Å². The summed E-state index contributed by atoms with van der Waals surface area (Å²) in [5.41, 5.74) is 0.401. The van der Waals surface area contributed by atoms with E-state index in [1.807, 2.05) is 0 Å². The van der Waals surface area contributed by atoms with Crippen LogP contribution in [0.25, 0.3) is 0 Å². The second-order valence-electron chi connectivity index (χ2n) is 8.33. The van der Waals surface area contributed by atoms with Crippen molar-refractivity contribution in [3.63, 3.8) is 0 Å². The first-order chi connectivity index (χ1) is 12.6. The van der Waals surface area contributed by atoms with Gasteiger partial charge in [0.2, 0.25) is 5.91 Å². The van der Waals surface area contributed by atoms with Gasteiger partial charge in [-0.3, -0.25) is 9.69 Å². The highest BCUT2D eigenvalue weighted by atomic mass is 19.1. The predicted molar refractivity (Wildman–Crippen MR) is 96.4 cm³/mol. The molecule has 4 rings (SSSR count). The Balaban J connectivity index is 1.29. The van der Waals surface area contributed by atoms with E-state index in [0.29, 0.717) is 18.0 Å². The van der Waals surface area contributed by atoms with Crippen molar-refractivity contribution in [2.75, 3.05) is 26.2 Å². The number of carbonyl (C=O) groups is 1. The molecule has 0 aromatic heterocycles. The average molecular weight is 362 g/mol. The summed E-state index contributed by atoms with van der Waals surface area (Å²) < 4.78 is 27.2. The third kappa shape index (κ3) is 3.78. The van der Waals surface area contributed by atoms with Crippen LogP contribution in [0.1, 0.15) is 44.1 Å². The van der Waals surface area contributed by atoms with Crippen molar-refractivity contribution in [3.8, 4) is 0 Å². The minimum Gasteiger partial charge on any atom is -0.342 e. The second-order valence-corrected chi connectivity index (χ2v) is 8.33. The van der Waals surface area contributed by atoms with Gasteiger partial charge in [0.25, 0.3) is 0 Å². The van der Waals surface area contributed by atoms with Gasteiger partial charge in [0.05, 0.1) is 0 Å². The zero-order valence-electron chi connectivity index (χ0n) is 15.3. The van der Waals surface area contributed by atoms with Crippen LogP contribution in [0.15, 0.2) is 18.2 Å². The van der Waals surface area contributed by atoms with Gasteiger partial charge in [-0.05, 0) is 68.8 Å². The van der Waals surface area contributed by atoms with Crippen LogP contribution in [0.5, 0.6) is 0 Å². The molecular formula is C21H28F2N2O. The van der Waals surface area contributed by atoms with E-state index in [4.69, 9.17) is 0 Å². The number of fused-ring (bicyclic) bond motifs is 1. The Bertz CT molecular complexity index is 643. The minimum absolute atomic E-state index is 0.101. The first-order valence-corrected chi connectivity index (χ1v) is 10.0. The molecule has 3 aliphatic rings. The number of hydrogen-bond donors (Lipinski definition) is 0. The predicted octanol–water partition coefficient (Wildman–Crippen LogP) is 3.83. The smallest absolute Gasteiger partial charge is 0.225 e. The summed E-state index contributed by atoms with van der Waals surface area (Å²) in [4.78, 5) is 17.2. The van der Waals surface area contributed by atoms with Crippen molar-refractivity contribution in [2.24, 2.45) is 17.8 Å². The lowest BCUT2D eigenvalue weighted by Gasteiger charge is -2.33. The van der Waals surface area contributed by atoms with Crippen molar-refractivity contribution in [1.29, 1.82) is 0 Å². The second kappa shape index (κ2) is 7.63. The monoisotopic (exact) mass is 362 g/mol. The van der Waals surface area contributed by atoms with Crippen molar-refractivity contribution in [3.05, 3.63) is 35.4 Å². The van der Waals surface area contributed by atoms with Crippen molar-refractivity contribution in [1.82, 2.24) is 9.80 Å². The number of rotatable bonds is 3. The first kappa shape index (κ1) is 17.9. The van der Waals surface area contributed by atoms with E-state index in [2.05, 4.69) is 9.80 Å². The van der Waals surface area contributed by atoms with Crippen molar-refractivity contribution < 1.29 is 13.6 Å². The van der Waals surface area contributed by atoms with E-state index in [-0.39, 0.29) is 11.7 Å². The molecule has 0 radical (unpaired) electrons. The zero-order chi connectivity index (χ0) is 18.1. The molecule has 1 aromatic carbocycles. The summed E-state index contributed by atoms with van der Waals surface area (Å²) in [5, 5.41) is 0. The molecule has 142 valence electrons. The molecule has 3 fully saturated rings. The molecule has 2 heterocycles. The van der Waals surface area contributed by atoms with Gasteiger partial charge >= 0.3 is 0 Å². The summed E-state index contributed by atoms with van der Waals surface area (Å²) in [7, 11) is 0. The molecular weight excluding hydrogens is 334 g/mol. The Morgan fingerprint density at radius 2 is 1.65 bits per heavy atom. The number of hydrogen-bond acceptors (Lipinski definition) is 2. The maximum atomic E-state index is 13.8. The summed E-state index contributed by atoms with van der Waals surface area (Å²) >= 11 is 0. The third-order valence-corrected chi connectivity index (χ3v) is 6.63. The van der Waals surface area contributed by atoms with E-state index < -0.39 is 5.82 Å². The van der Waals surface area contributed by atoms with Crippen LogP contribution in [-0.4, -0.2) is 41.9 Å². The summed E-state index contributed by atoms with van der Waals surface area (Å²) in [5.74, 6) is 1.12. The highest BCUT2D eigenvalue weighted by molar-refractivity contribution is 5.79. The molecule has 0 spiro atoms. The normalized spacial score (nSPS) is 27.5. The van der Waals surface area contributed by atoms with Crippen LogP contribution in [-0.2, 0) is 11.3 Å². The van der Waals surface area contributed by atoms with Crippen LogP contribution in [0, 0.1) is 29.4 Å². The fraction of sp³-hybridized carbons (Fsp3) is 0.667. The van der Waals surface area contributed by atoms with Crippen LogP contribution >= 0.6 is 0 Å². The molecule has 26 heavy (non-hydrogen) atoms. The van der Waals surface area contributed by atoms with Crippen LogP contribution < -0.4 is 0 Å². The molecule has 0 bridgehead atoms. The van der Waals surface area contributed by atoms with Gasteiger partial charge in [-0.1, -0.05) is 12.8 Å². The van der Waals surface area contributed by atoms with Gasteiger partial charge in [-0.25, -0.2) is 8.78 Å². The lowest BCUT2D eigenvalue weighted by Crippen LogP contribution is -2.41. The largest absolute Gasteiger partial charge is 0.342 e. The molecule has 2 saturated heterocycles. The average Bonchev–Trinajstić information content (AvgIpc) is 3.09. The van der Waals surface area contributed by atoms with Crippen LogP contribution in [0.4, 0.5) is 8.78 Å². The summed E-state index contributed by atoms with van der Waals surface area (Å²) in [6, 6.07) is 3.61. The highest BCUT2D eigenvalue weighted by Gasteiger charge is 2.38. The van der Waals surface area contributed by atoms with E-state index in [0.717, 1.165) is 56.9 Å². The quantitative estimate of drug-likeness (QED) is 0.816. The number of benzene rings is 1. The van der Waals surface area contributed by atoms with Gasteiger partial charge in [-0.15, -0.1) is 0 Å². The molecule has 0 N–H and O–H groups in total. The third-order valence-electron chi connectivity index (χ3n) is 6.63. The first-order valence-electron chi connectivity index (χ1n) is 10.0. The maximum Gasteiger partial charge on any atom is 0.225 e. The fourth-order valence-corrected chi connectivity index (χ4v) is 5.09. The number of likely N-dealkylation sites (tertiary alicyclic amines) is 2. The van der Waals surface area contributed by atoms with Crippen LogP contribution in [0.2, 0.25) is 0 Å². The Morgan fingerprint density at radius 1 is 1.00 bits per heavy atom. The molecule has 2 atom stereocenters. The molecule has 1 aromatic rings. The number of halogens is 2. The van der Waals surface area contributed by atoms with Gasteiger partial charge in [0.15, 0.2) is 0 Å². The van der Waals surface area contributed by atoms with Crippen molar-refractivity contribution in [2.45, 2.75) is 45.1 Å². The molecule has 1 amide bonds. The van der Waals surface area contributed by atoms with E-state index in [1.165, 1.54) is 37.8 Å². The zero-order valence-corrected chi connectivity index (χ0v) is 15.3. The topological polar surface area (TPSA) is 23.6 Å². The maximum absolute atomic E-state index is 13.8. The van der Waals surface area contributed by atoms with Crippen molar-refractivity contribution >= 4 is 5.91 Å². The van der Waals surface area contributed by atoms with Crippen LogP contribution in [0.3, 0.4) is 0 Å². The Hall–Kier alpha value is -1.49. The van der Waals surface area contributed by atoms with E-state index in [9.17, 15) is 13.6 Å². The Morgan fingerprint density at radius 3 is 2.31 bits per heavy atom. The standard InChI is InChI=1S/C21H28F2N2O/c22-19-5-6-20(23)18(11-19)12-24-9-7-15(8-10-24)21(26)25-13-16-3-1-2-4-17(16)14-25/h5-6,11,15-17H,1-4,7-10,12-14H2. The lowest BCUT2D eigenvalue weighted by molar-refractivity contribution is -0.136. The molecule has 3 nitrogen and oxygen atoms in total. The molecule has 2 aliphatic heterocycles. The molecule has 2 unspecified atom stereocenters. The number of nitrogens with zero attached hydrogens (tertiary/aromatic N) is 2. The molecule has 1 aliphatic carbocycles. The SMILES string of the molecule is O=C(C1CCN(Cc2cc(F)ccc2F)CC1)N1CC2CCCCC2C1. The Labute approximate surface area is 154 Å².